The van der Waals surface area contributed by atoms with Gasteiger partial charge in [-0.2, -0.15) is 0 Å². The number of ether oxygens (including phenoxy) is 2. The summed E-state index contributed by atoms with van der Waals surface area (Å²) < 4.78 is 12.0. The van der Waals surface area contributed by atoms with Crippen LogP contribution in [0.25, 0.3) is 0 Å². The SMILES string of the molecule is CCOc1ccc(Br)cc1C(=O)Nc1cccc(OC(C)C)c1. The molecule has 0 unspecified atom stereocenters. The molecule has 0 radical (unpaired) electrons. The van der Waals surface area contributed by atoms with Gasteiger partial charge in [0.05, 0.1) is 18.3 Å². The minimum Gasteiger partial charge on any atom is -0.493 e. The molecule has 2 rings (SSSR count). The van der Waals surface area contributed by atoms with E-state index in [-0.39, 0.29) is 12.0 Å². The number of carbonyl (C=O) groups is 1. The number of rotatable bonds is 6. The molecular weight excluding hydrogens is 358 g/mol. The number of nitrogens with one attached hydrogen (secondary N) is 1. The third kappa shape index (κ3) is 4.99. The predicted molar refractivity (Wildman–Crippen MR) is 95.5 cm³/mol. The van der Waals surface area contributed by atoms with Gasteiger partial charge in [-0.3, -0.25) is 4.79 Å². The Balaban J connectivity index is 2.20. The van der Waals surface area contributed by atoms with Crippen molar-refractivity contribution in [3.05, 3.63) is 52.5 Å². The van der Waals surface area contributed by atoms with Gasteiger partial charge in [-0.1, -0.05) is 22.0 Å². The molecule has 0 bridgehead atoms. The van der Waals surface area contributed by atoms with Gasteiger partial charge >= 0.3 is 0 Å². The Hall–Kier alpha value is -2.01. The molecule has 0 spiro atoms. The Morgan fingerprint density at radius 3 is 2.70 bits per heavy atom. The molecule has 1 N–H and O–H groups in total. The van der Waals surface area contributed by atoms with Crippen molar-refractivity contribution in [1.82, 2.24) is 0 Å². The van der Waals surface area contributed by atoms with E-state index >= 15 is 0 Å². The van der Waals surface area contributed by atoms with Gasteiger partial charge < -0.3 is 14.8 Å². The molecule has 0 saturated carbocycles. The first-order valence-electron chi connectivity index (χ1n) is 7.50. The van der Waals surface area contributed by atoms with Gasteiger partial charge in [-0.15, -0.1) is 0 Å². The molecule has 5 heteroatoms. The van der Waals surface area contributed by atoms with Gasteiger partial charge in [-0.05, 0) is 51.1 Å². The first-order valence-corrected chi connectivity index (χ1v) is 8.29. The summed E-state index contributed by atoms with van der Waals surface area (Å²) in [6, 6.07) is 12.7. The zero-order valence-corrected chi connectivity index (χ0v) is 15.0. The summed E-state index contributed by atoms with van der Waals surface area (Å²) in [5.41, 5.74) is 1.16. The fourth-order valence-electron chi connectivity index (χ4n) is 2.08. The van der Waals surface area contributed by atoms with Crippen LogP contribution in [0.2, 0.25) is 0 Å². The zero-order valence-electron chi connectivity index (χ0n) is 13.4. The van der Waals surface area contributed by atoms with Crippen molar-refractivity contribution >= 4 is 27.5 Å². The third-order valence-electron chi connectivity index (χ3n) is 2.95. The molecule has 0 heterocycles. The van der Waals surface area contributed by atoms with Gasteiger partial charge in [0.2, 0.25) is 0 Å². The van der Waals surface area contributed by atoms with Crippen molar-refractivity contribution < 1.29 is 14.3 Å². The number of halogens is 1. The highest BCUT2D eigenvalue weighted by molar-refractivity contribution is 9.10. The maximum absolute atomic E-state index is 12.5. The van der Waals surface area contributed by atoms with Crippen molar-refractivity contribution in [2.24, 2.45) is 0 Å². The van der Waals surface area contributed by atoms with Crippen molar-refractivity contribution in [1.29, 1.82) is 0 Å². The van der Waals surface area contributed by atoms with Crippen LogP contribution in [0.3, 0.4) is 0 Å². The van der Waals surface area contributed by atoms with E-state index in [0.717, 1.165) is 10.2 Å². The standard InChI is InChI=1S/C18H20BrNO3/c1-4-22-17-9-8-13(19)10-16(17)18(21)20-14-6-5-7-15(11-14)23-12(2)3/h5-12H,4H2,1-3H3,(H,20,21). The lowest BCUT2D eigenvalue weighted by Gasteiger charge is -2.13. The van der Waals surface area contributed by atoms with Gasteiger partial charge in [0.25, 0.3) is 5.91 Å². The van der Waals surface area contributed by atoms with E-state index in [0.29, 0.717) is 23.6 Å². The van der Waals surface area contributed by atoms with Crippen LogP contribution in [-0.2, 0) is 0 Å². The molecule has 0 fully saturated rings. The topological polar surface area (TPSA) is 47.6 Å². The average molecular weight is 378 g/mol. The van der Waals surface area contributed by atoms with Crippen molar-refractivity contribution in [2.45, 2.75) is 26.9 Å². The molecule has 1 amide bonds. The normalized spacial score (nSPS) is 10.5. The average Bonchev–Trinajstić information content (AvgIpc) is 2.49. The maximum atomic E-state index is 12.5. The number of hydrogen-bond donors (Lipinski definition) is 1. The minimum absolute atomic E-state index is 0.0792. The second kappa shape index (κ2) is 8.02. The highest BCUT2D eigenvalue weighted by Crippen LogP contribution is 2.25. The molecule has 122 valence electrons. The van der Waals surface area contributed by atoms with Gasteiger partial charge in [0.1, 0.15) is 11.5 Å². The summed E-state index contributed by atoms with van der Waals surface area (Å²) in [6.45, 7) is 6.30. The van der Waals surface area contributed by atoms with Crippen molar-refractivity contribution in [2.75, 3.05) is 11.9 Å². The first kappa shape index (κ1) is 17.3. The van der Waals surface area contributed by atoms with Gasteiger partial charge in [-0.25, -0.2) is 0 Å². The number of anilines is 1. The smallest absolute Gasteiger partial charge is 0.259 e. The Morgan fingerprint density at radius 2 is 2.00 bits per heavy atom. The van der Waals surface area contributed by atoms with E-state index in [2.05, 4.69) is 21.2 Å². The molecule has 0 aliphatic rings. The molecule has 0 atom stereocenters. The van der Waals surface area contributed by atoms with Crippen LogP contribution in [0.1, 0.15) is 31.1 Å². The Morgan fingerprint density at radius 1 is 1.22 bits per heavy atom. The molecule has 2 aromatic rings. The number of amides is 1. The van der Waals surface area contributed by atoms with E-state index in [9.17, 15) is 4.79 Å². The minimum atomic E-state index is -0.226. The van der Waals surface area contributed by atoms with Crippen LogP contribution < -0.4 is 14.8 Å². The van der Waals surface area contributed by atoms with Gasteiger partial charge in [0.15, 0.2) is 0 Å². The van der Waals surface area contributed by atoms with E-state index in [4.69, 9.17) is 9.47 Å². The van der Waals surface area contributed by atoms with Crippen LogP contribution in [-0.4, -0.2) is 18.6 Å². The van der Waals surface area contributed by atoms with Crippen molar-refractivity contribution in [3.8, 4) is 11.5 Å². The fraction of sp³-hybridized carbons (Fsp3) is 0.278. The number of carbonyl (C=O) groups excluding carboxylic acids is 1. The maximum Gasteiger partial charge on any atom is 0.259 e. The molecule has 0 aliphatic heterocycles. The molecule has 23 heavy (non-hydrogen) atoms. The molecule has 2 aromatic carbocycles. The molecule has 0 aliphatic carbocycles. The fourth-order valence-corrected chi connectivity index (χ4v) is 2.44. The highest BCUT2D eigenvalue weighted by Gasteiger charge is 2.14. The number of hydrogen-bond acceptors (Lipinski definition) is 3. The zero-order chi connectivity index (χ0) is 16.8. The highest BCUT2D eigenvalue weighted by atomic mass is 79.9. The van der Waals surface area contributed by atoms with Crippen LogP contribution in [0, 0.1) is 0 Å². The van der Waals surface area contributed by atoms with Crippen LogP contribution in [0.5, 0.6) is 11.5 Å². The summed E-state index contributed by atoms with van der Waals surface area (Å²) in [4.78, 5) is 12.5. The summed E-state index contributed by atoms with van der Waals surface area (Å²) in [5, 5.41) is 2.88. The van der Waals surface area contributed by atoms with Crippen LogP contribution in [0.4, 0.5) is 5.69 Å². The summed E-state index contributed by atoms with van der Waals surface area (Å²) >= 11 is 3.38. The second-order valence-corrected chi connectivity index (χ2v) is 6.14. The number of benzene rings is 2. The quantitative estimate of drug-likeness (QED) is 0.779. The van der Waals surface area contributed by atoms with Crippen LogP contribution >= 0.6 is 15.9 Å². The molecule has 0 saturated heterocycles. The summed E-state index contributed by atoms with van der Waals surface area (Å²) in [5.74, 6) is 1.05. The molecular formula is C18H20BrNO3. The molecule has 0 aromatic heterocycles. The lowest BCUT2D eigenvalue weighted by atomic mass is 10.2. The Bertz CT molecular complexity index is 686. The van der Waals surface area contributed by atoms with Gasteiger partial charge in [0, 0.05) is 16.2 Å². The lowest BCUT2D eigenvalue weighted by Crippen LogP contribution is -2.14. The predicted octanol–water partition coefficient (Wildman–Crippen LogP) is 4.89. The van der Waals surface area contributed by atoms with Crippen LogP contribution in [0.15, 0.2) is 46.9 Å². The monoisotopic (exact) mass is 377 g/mol. The van der Waals surface area contributed by atoms with Crippen molar-refractivity contribution in [3.63, 3.8) is 0 Å². The largest absolute Gasteiger partial charge is 0.493 e. The third-order valence-corrected chi connectivity index (χ3v) is 3.44. The Labute approximate surface area is 144 Å². The second-order valence-electron chi connectivity index (χ2n) is 5.22. The van der Waals surface area contributed by atoms with E-state index in [1.807, 2.05) is 45.0 Å². The lowest BCUT2D eigenvalue weighted by molar-refractivity contribution is 0.102. The molecule has 4 nitrogen and oxygen atoms in total. The van der Waals surface area contributed by atoms with E-state index < -0.39 is 0 Å². The van der Waals surface area contributed by atoms with E-state index in [1.165, 1.54) is 0 Å². The summed E-state index contributed by atoms with van der Waals surface area (Å²) in [6.07, 6.45) is 0.0792. The first-order chi connectivity index (χ1) is 11.0. The van der Waals surface area contributed by atoms with E-state index in [1.54, 1.807) is 18.2 Å². The summed E-state index contributed by atoms with van der Waals surface area (Å²) in [7, 11) is 0. The Kier molecular flexibility index (Phi) is 6.04.